The molecule has 7 nitrogen and oxygen atoms in total. The monoisotopic (exact) mass is 319 g/mol. The molecule has 0 amide bonds. The van der Waals surface area contributed by atoms with E-state index in [9.17, 15) is 28.7 Å². The second-order valence-corrected chi connectivity index (χ2v) is 9.81. The molecule has 10 heteroatoms. The lowest BCUT2D eigenvalue weighted by Gasteiger charge is -2.31. The number of alkyl halides is 1. The van der Waals surface area contributed by atoms with E-state index in [0.29, 0.717) is 13.0 Å². The third kappa shape index (κ3) is 2.21. The van der Waals surface area contributed by atoms with Crippen LogP contribution in [0.5, 0.6) is 0 Å². The molecule has 2 aliphatic rings. The van der Waals surface area contributed by atoms with Gasteiger partial charge in [0.25, 0.3) is 0 Å². The number of nitrogens with one attached hydrogen (secondary N) is 1. The molecule has 3 atom stereocenters. The highest BCUT2D eigenvalue weighted by atomic mass is 35.5. The standard InChI is InChI=1S/C8H16ClNO6P2/c9-6-1-2-10-7-4-8(3-5(6)7,17(11,12)13)18(14,15)16/h5-7,10H,1-4H2,(H2,11,12,13)(H2,14,15,16). The van der Waals surface area contributed by atoms with Crippen molar-refractivity contribution in [1.29, 1.82) is 0 Å². The molecule has 2 rings (SSSR count). The van der Waals surface area contributed by atoms with Crippen LogP contribution in [-0.2, 0) is 9.13 Å². The molecule has 0 aromatic carbocycles. The van der Waals surface area contributed by atoms with Gasteiger partial charge in [-0.2, -0.15) is 0 Å². The zero-order chi connectivity index (χ0) is 13.8. The molecule has 1 aliphatic carbocycles. The number of piperidine rings is 1. The third-order valence-corrected chi connectivity index (χ3v) is 9.01. The highest BCUT2D eigenvalue weighted by molar-refractivity contribution is 7.72. The number of fused-ring (bicyclic) bond motifs is 1. The largest absolute Gasteiger partial charge is 0.343 e. The summed E-state index contributed by atoms with van der Waals surface area (Å²) >= 11 is 6.10. The van der Waals surface area contributed by atoms with Crippen molar-refractivity contribution >= 4 is 26.8 Å². The molecular formula is C8H16ClNO6P2. The normalized spacial score (nSPS) is 36.4. The Hall–Kier alpha value is 0.550. The first-order chi connectivity index (χ1) is 8.08. The van der Waals surface area contributed by atoms with Crippen molar-refractivity contribution in [3.05, 3.63) is 0 Å². The van der Waals surface area contributed by atoms with Gasteiger partial charge >= 0.3 is 15.2 Å². The third-order valence-electron chi connectivity index (χ3n) is 4.00. The topological polar surface area (TPSA) is 127 Å². The average Bonchev–Trinajstić information content (AvgIpc) is 2.57. The van der Waals surface area contributed by atoms with Gasteiger partial charge in [0.15, 0.2) is 4.90 Å². The molecule has 3 unspecified atom stereocenters. The van der Waals surface area contributed by atoms with Crippen LogP contribution in [-0.4, -0.2) is 42.4 Å². The van der Waals surface area contributed by atoms with Crippen molar-refractivity contribution in [2.45, 2.75) is 35.6 Å². The van der Waals surface area contributed by atoms with Crippen molar-refractivity contribution in [2.24, 2.45) is 5.92 Å². The Kier molecular flexibility index (Phi) is 3.77. The van der Waals surface area contributed by atoms with Crippen LogP contribution in [0.25, 0.3) is 0 Å². The van der Waals surface area contributed by atoms with E-state index >= 15 is 0 Å². The SMILES string of the molecule is O=P(O)(O)C1(P(=O)(O)O)CC2NCCC(Cl)C2C1. The van der Waals surface area contributed by atoms with Crippen molar-refractivity contribution in [3.8, 4) is 0 Å². The molecule has 1 saturated heterocycles. The lowest BCUT2D eigenvalue weighted by atomic mass is 9.93. The predicted octanol–water partition coefficient (Wildman–Crippen LogP) is 0.417. The van der Waals surface area contributed by atoms with Gasteiger partial charge in [-0.05, 0) is 31.7 Å². The van der Waals surface area contributed by atoms with E-state index in [1.54, 1.807) is 0 Å². The zero-order valence-corrected chi connectivity index (χ0v) is 12.0. The van der Waals surface area contributed by atoms with Crippen LogP contribution in [0.1, 0.15) is 19.3 Å². The van der Waals surface area contributed by atoms with Gasteiger partial charge in [-0.25, -0.2) is 0 Å². The van der Waals surface area contributed by atoms with Crippen LogP contribution in [0.2, 0.25) is 0 Å². The molecule has 106 valence electrons. The first-order valence-electron chi connectivity index (χ1n) is 5.57. The summed E-state index contributed by atoms with van der Waals surface area (Å²) < 4.78 is 23.2. The maximum Gasteiger partial charge on any atom is 0.343 e. The van der Waals surface area contributed by atoms with Crippen molar-refractivity contribution in [3.63, 3.8) is 0 Å². The fourth-order valence-corrected chi connectivity index (χ4v) is 6.47. The highest BCUT2D eigenvalue weighted by Gasteiger charge is 2.66. The lowest BCUT2D eigenvalue weighted by molar-refractivity contribution is 0.304. The summed E-state index contributed by atoms with van der Waals surface area (Å²) in [5, 5.41) is 2.73. The summed E-state index contributed by atoms with van der Waals surface area (Å²) in [5.41, 5.74) is 0. The summed E-state index contributed by atoms with van der Waals surface area (Å²) in [6.45, 7) is 0.591. The Balaban J connectivity index is 2.42. The molecule has 0 aromatic heterocycles. The van der Waals surface area contributed by atoms with Crippen molar-refractivity contribution in [1.82, 2.24) is 5.32 Å². The van der Waals surface area contributed by atoms with Gasteiger partial charge in [0.1, 0.15) is 0 Å². The van der Waals surface area contributed by atoms with Crippen LogP contribution >= 0.6 is 26.8 Å². The van der Waals surface area contributed by atoms with E-state index in [4.69, 9.17) is 11.6 Å². The van der Waals surface area contributed by atoms with Crippen LogP contribution in [0.3, 0.4) is 0 Å². The molecule has 1 aliphatic heterocycles. The molecule has 1 saturated carbocycles. The summed E-state index contributed by atoms with van der Waals surface area (Å²) in [6, 6.07) is -0.346. The average molecular weight is 320 g/mol. The number of hydrogen-bond acceptors (Lipinski definition) is 3. The van der Waals surface area contributed by atoms with E-state index in [1.807, 2.05) is 0 Å². The summed E-state index contributed by atoms with van der Waals surface area (Å²) in [6.07, 6.45) is 0.143. The van der Waals surface area contributed by atoms with Gasteiger partial charge in [0, 0.05) is 11.4 Å². The van der Waals surface area contributed by atoms with Gasteiger partial charge in [0.2, 0.25) is 0 Å². The van der Waals surface area contributed by atoms with Gasteiger partial charge in [-0.15, -0.1) is 11.6 Å². The molecule has 2 fully saturated rings. The minimum atomic E-state index is -4.93. The van der Waals surface area contributed by atoms with Crippen molar-refractivity contribution < 1.29 is 28.7 Å². The van der Waals surface area contributed by atoms with Crippen molar-refractivity contribution in [2.75, 3.05) is 6.54 Å². The predicted molar refractivity (Wildman–Crippen MR) is 65.6 cm³/mol. The van der Waals surface area contributed by atoms with Crippen LogP contribution < -0.4 is 5.32 Å². The van der Waals surface area contributed by atoms with Crippen LogP contribution in [0, 0.1) is 5.92 Å². The first-order valence-corrected chi connectivity index (χ1v) is 9.23. The van der Waals surface area contributed by atoms with E-state index in [1.165, 1.54) is 0 Å². The summed E-state index contributed by atoms with van der Waals surface area (Å²) in [4.78, 5) is 35.3. The molecule has 0 radical (unpaired) electrons. The van der Waals surface area contributed by atoms with Crippen LogP contribution in [0.15, 0.2) is 0 Å². The zero-order valence-electron chi connectivity index (χ0n) is 9.44. The molecule has 0 spiro atoms. The Morgan fingerprint density at radius 3 is 2.11 bits per heavy atom. The van der Waals surface area contributed by atoms with E-state index in [2.05, 4.69) is 5.32 Å². The Morgan fingerprint density at radius 2 is 1.67 bits per heavy atom. The molecule has 0 aromatic rings. The second-order valence-electron chi connectivity index (χ2n) is 5.01. The fourth-order valence-electron chi connectivity index (χ4n) is 2.98. The molecular weight excluding hydrogens is 303 g/mol. The molecule has 1 heterocycles. The van der Waals surface area contributed by atoms with Crippen LogP contribution in [0.4, 0.5) is 0 Å². The molecule has 0 bridgehead atoms. The smallest absolute Gasteiger partial charge is 0.324 e. The number of hydrogen-bond donors (Lipinski definition) is 5. The first kappa shape index (κ1) is 14.9. The van der Waals surface area contributed by atoms with Gasteiger partial charge < -0.3 is 24.9 Å². The maximum absolute atomic E-state index is 11.6. The van der Waals surface area contributed by atoms with E-state index in [0.717, 1.165) is 0 Å². The number of rotatable bonds is 2. The van der Waals surface area contributed by atoms with Gasteiger partial charge in [0.05, 0.1) is 0 Å². The second kappa shape index (κ2) is 4.54. The molecule has 5 N–H and O–H groups in total. The minimum absolute atomic E-state index is 0.241. The maximum atomic E-state index is 11.6. The summed E-state index contributed by atoms with van der Waals surface area (Å²) in [7, 11) is -9.85. The van der Waals surface area contributed by atoms with E-state index < -0.39 is 20.1 Å². The lowest BCUT2D eigenvalue weighted by Crippen LogP contribution is -2.43. The Bertz CT molecular complexity index is 411. The highest BCUT2D eigenvalue weighted by Crippen LogP contribution is 2.76. The summed E-state index contributed by atoms with van der Waals surface area (Å²) in [5.74, 6) is -0.319. The van der Waals surface area contributed by atoms with E-state index in [-0.39, 0.29) is 30.2 Å². The quantitative estimate of drug-likeness (QED) is 0.368. The van der Waals surface area contributed by atoms with Gasteiger partial charge in [-0.3, -0.25) is 9.13 Å². The minimum Gasteiger partial charge on any atom is -0.324 e. The van der Waals surface area contributed by atoms with Gasteiger partial charge in [-0.1, -0.05) is 0 Å². The Morgan fingerprint density at radius 1 is 1.11 bits per heavy atom. The number of halogens is 1. The molecule has 18 heavy (non-hydrogen) atoms. The Labute approximate surface area is 109 Å². The fraction of sp³-hybridized carbons (Fsp3) is 1.00.